The van der Waals surface area contributed by atoms with E-state index in [0.717, 1.165) is 0 Å². The number of para-hydroxylation sites is 2. The highest BCUT2D eigenvalue weighted by atomic mass is 32.2. The Morgan fingerprint density at radius 2 is 0.792 bits per heavy atom. The molecule has 2 nitrogen and oxygen atoms in total. The summed E-state index contributed by atoms with van der Waals surface area (Å²) < 4.78 is 5.18. The van der Waals surface area contributed by atoms with Gasteiger partial charge in [-0.05, 0) is 70.4 Å². The Balaban J connectivity index is 1.19. The molecule has 0 bridgehead atoms. The normalized spacial score (nSPS) is 14.4. The van der Waals surface area contributed by atoms with Crippen molar-refractivity contribution in [1.82, 2.24) is 9.13 Å². The van der Waals surface area contributed by atoms with Crippen molar-refractivity contribution >= 4 is 113 Å². The van der Waals surface area contributed by atoms with Gasteiger partial charge in [0.25, 0.3) is 0 Å². The first-order valence-electron chi connectivity index (χ1n) is 16.7. The fraction of sp³-hybridized carbons (Fsp3) is 0. The molecule has 48 heavy (non-hydrogen) atoms. The molecule has 2 aromatic heterocycles. The third kappa shape index (κ3) is 2.80. The van der Waals surface area contributed by atoms with Gasteiger partial charge in [-0.1, -0.05) is 119 Å². The lowest BCUT2D eigenvalue weighted by atomic mass is 9.35. The second-order valence-corrected chi connectivity index (χ2v) is 15.7. The molecule has 7 aromatic carbocycles. The van der Waals surface area contributed by atoms with E-state index in [1.165, 1.54) is 107 Å². The van der Waals surface area contributed by atoms with Crippen LogP contribution in [-0.4, -0.2) is 22.6 Å². The second-order valence-electron chi connectivity index (χ2n) is 13.6. The van der Waals surface area contributed by atoms with Gasteiger partial charge in [0.05, 0.1) is 11.0 Å². The summed E-state index contributed by atoms with van der Waals surface area (Å²) in [5, 5.41) is 5.32. The molecule has 218 valence electrons. The Kier molecular flexibility index (Phi) is 4.44. The first-order valence-corrected chi connectivity index (χ1v) is 18.3. The predicted molar refractivity (Wildman–Crippen MR) is 206 cm³/mol. The number of aromatic nitrogens is 2. The first-order chi connectivity index (χ1) is 23.8. The molecule has 6 heterocycles. The third-order valence-electron chi connectivity index (χ3n) is 11.4. The summed E-state index contributed by atoms with van der Waals surface area (Å²) in [4.78, 5) is 5.48. The van der Waals surface area contributed by atoms with Crippen molar-refractivity contribution in [3.63, 3.8) is 0 Å². The zero-order chi connectivity index (χ0) is 30.8. The minimum Gasteiger partial charge on any atom is -0.310 e. The average Bonchev–Trinajstić information content (AvgIpc) is 3.64. The van der Waals surface area contributed by atoms with E-state index in [9.17, 15) is 0 Å². The lowest BCUT2D eigenvalue weighted by Gasteiger charge is -2.33. The highest BCUT2D eigenvalue weighted by Crippen LogP contribution is 2.43. The Bertz CT molecular complexity index is 2790. The van der Waals surface area contributed by atoms with Gasteiger partial charge in [-0.25, -0.2) is 0 Å². The van der Waals surface area contributed by atoms with Gasteiger partial charge < -0.3 is 9.13 Å². The minimum atomic E-state index is 0.236. The molecule has 0 atom stereocenters. The molecule has 4 aliphatic rings. The summed E-state index contributed by atoms with van der Waals surface area (Å²) in [6, 6.07) is 50.9. The fourth-order valence-electron chi connectivity index (χ4n) is 9.67. The maximum absolute atomic E-state index is 2.59. The molecule has 0 spiro atoms. The Labute approximate surface area is 285 Å². The van der Waals surface area contributed by atoms with Crippen molar-refractivity contribution in [2.75, 3.05) is 0 Å². The van der Waals surface area contributed by atoms with Crippen molar-refractivity contribution in [3.05, 3.63) is 133 Å². The van der Waals surface area contributed by atoms with Crippen LogP contribution in [0, 0.1) is 0 Å². The van der Waals surface area contributed by atoms with Gasteiger partial charge in [0.2, 0.25) is 13.4 Å². The van der Waals surface area contributed by atoms with Gasteiger partial charge in [0, 0.05) is 63.5 Å². The van der Waals surface area contributed by atoms with E-state index in [1.54, 1.807) is 0 Å². The topological polar surface area (TPSA) is 9.86 Å². The number of hydrogen-bond donors (Lipinski definition) is 0. The molecule has 13 rings (SSSR count). The van der Waals surface area contributed by atoms with Crippen LogP contribution >= 0.6 is 23.5 Å². The summed E-state index contributed by atoms with van der Waals surface area (Å²) >= 11 is 3.84. The zero-order valence-corrected chi connectivity index (χ0v) is 27.2. The molecule has 4 aliphatic heterocycles. The molecule has 0 amide bonds. The van der Waals surface area contributed by atoms with Gasteiger partial charge in [-0.15, -0.1) is 0 Å². The summed E-state index contributed by atoms with van der Waals surface area (Å²) in [5.41, 5.74) is 16.5. The molecule has 0 unspecified atom stereocenters. The monoisotopic (exact) mass is 640 g/mol. The molecule has 0 fully saturated rings. The van der Waals surface area contributed by atoms with Gasteiger partial charge in [0.1, 0.15) is 0 Å². The molecule has 0 N–H and O–H groups in total. The molecular weight excluding hydrogens is 618 g/mol. The summed E-state index contributed by atoms with van der Waals surface area (Å²) in [6.45, 7) is 0.471. The van der Waals surface area contributed by atoms with Crippen molar-refractivity contribution in [2.45, 2.75) is 19.6 Å². The van der Waals surface area contributed by atoms with E-state index >= 15 is 0 Å². The predicted octanol–water partition coefficient (Wildman–Crippen LogP) is 6.47. The third-order valence-corrected chi connectivity index (χ3v) is 13.8. The molecule has 6 heteroatoms. The van der Waals surface area contributed by atoms with Crippen LogP contribution in [0.5, 0.6) is 0 Å². The van der Waals surface area contributed by atoms with Gasteiger partial charge in [0.15, 0.2) is 0 Å². The highest BCUT2D eigenvalue weighted by molar-refractivity contribution is 8.00. The van der Waals surface area contributed by atoms with Crippen LogP contribution in [0.25, 0.3) is 55.0 Å². The zero-order valence-electron chi connectivity index (χ0n) is 25.6. The van der Waals surface area contributed by atoms with E-state index in [4.69, 9.17) is 0 Å². The molecular formula is C42H22B2N2S2. The van der Waals surface area contributed by atoms with Crippen LogP contribution in [0.4, 0.5) is 0 Å². The first kappa shape index (κ1) is 25.0. The SMILES string of the molecule is c1ccc2c(c1)Sc1cccc3c1B2c1cccc2c4cc5c(cc4n-3c12)c1cccc2c1n5-c1cccc3c1B2c1ccccc1S3. The number of fused-ring (bicyclic) bond motifs is 14. The second kappa shape index (κ2) is 8.51. The molecule has 0 saturated heterocycles. The number of rotatable bonds is 0. The van der Waals surface area contributed by atoms with Crippen molar-refractivity contribution in [2.24, 2.45) is 0 Å². The average molecular weight is 640 g/mol. The van der Waals surface area contributed by atoms with Crippen LogP contribution < -0.4 is 32.8 Å². The van der Waals surface area contributed by atoms with E-state index < -0.39 is 0 Å². The number of nitrogens with zero attached hydrogens (tertiary/aromatic N) is 2. The van der Waals surface area contributed by atoms with Gasteiger partial charge in [-0.2, -0.15) is 0 Å². The van der Waals surface area contributed by atoms with E-state index in [0.29, 0.717) is 0 Å². The van der Waals surface area contributed by atoms with Crippen LogP contribution in [0.1, 0.15) is 0 Å². The molecule has 9 aromatic rings. The smallest absolute Gasteiger partial charge is 0.249 e. The lowest BCUT2D eigenvalue weighted by molar-refractivity contribution is 1.17. The quantitative estimate of drug-likeness (QED) is 0.176. The van der Waals surface area contributed by atoms with Gasteiger partial charge >= 0.3 is 0 Å². The van der Waals surface area contributed by atoms with Crippen LogP contribution in [0.3, 0.4) is 0 Å². The lowest BCUT2D eigenvalue weighted by Crippen LogP contribution is -2.58. The Morgan fingerprint density at radius 1 is 0.375 bits per heavy atom. The van der Waals surface area contributed by atoms with Crippen molar-refractivity contribution in [3.8, 4) is 11.4 Å². The van der Waals surface area contributed by atoms with Crippen LogP contribution in [0.2, 0.25) is 0 Å². The Morgan fingerprint density at radius 3 is 1.29 bits per heavy atom. The maximum Gasteiger partial charge on any atom is 0.249 e. The van der Waals surface area contributed by atoms with E-state index in [2.05, 4.69) is 143 Å². The largest absolute Gasteiger partial charge is 0.310 e. The summed E-state index contributed by atoms with van der Waals surface area (Å²) in [6.07, 6.45) is 0. The van der Waals surface area contributed by atoms with E-state index in [1.807, 2.05) is 23.5 Å². The summed E-state index contributed by atoms with van der Waals surface area (Å²) in [5.74, 6) is 0. The van der Waals surface area contributed by atoms with E-state index in [-0.39, 0.29) is 13.4 Å². The standard InChI is InChI=1S/C42H22B2N2S2/c1-3-17-35-27(11-1)43-29-13-5-9-23-25-21-34-26(22-33(25)45(41(23)29)31-15-7-19-37(47-35)39(31)43)24-10-6-14-30-42(24)46(34)32-16-8-20-38-40(32)44(30)28-12-2-4-18-36(28)48-38/h1-22H. The summed E-state index contributed by atoms with van der Waals surface area (Å²) in [7, 11) is 0. The number of benzene rings is 7. The van der Waals surface area contributed by atoms with Crippen molar-refractivity contribution < 1.29 is 0 Å². The molecule has 0 saturated carbocycles. The minimum absolute atomic E-state index is 0.236. The fourth-order valence-corrected chi connectivity index (χ4v) is 12.0. The van der Waals surface area contributed by atoms with Crippen LogP contribution in [0.15, 0.2) is 153 Å². The van der Waals surface area contributed by atoms with Crippen molar-refractivity contribution in [1.29, 1.82) is 0 Å². The highest BCUT2D eigenvalue weighted by Gasteiger charge is 2.41. The Hall–Kier alpha value is -5.03. The number of hydrogen-bond acceptors (Lipinski definition) is 2. The van der Waals surface area contributed by atoms with Crippen LogP contribution in [-0.2, 0) is 0 Å². The maximum atomic E-state index is 2.59. The molecule has 0 radical (unpaired) electrons. The van der Waals surface area contributed by atoms with Gasteiger partial charge in [-0.3, -0.25) is 0 Å². The molecule has 0 aliphatic carbocycles.